The highest BCUT2D eigenvalue weighted by atomic mass is 16.3. The van der Waals surface area contributed by atoms with Crippen LogP contribution in [-0.2, 0) is 0 Å². The molecule has 0 saturated carbocycles. The summed E-state index contributed by atoms with van der Waals surface area (Å²) in [5, 5.41) is 14.9. The van der Waals surface area contributed by atoms with E-state index >= 15 is 0 Å². The SMILES string of the molecule is c1ccc2cc(-c3ccc(-c4ccc5ccc6cccc7ccc4c5c67)c4c3oc3c5ccccc5ccc34)ccc2c1. The number of rotatable bonds is 2. The van der Waals surface area contributed by atoms with Gasteiger partial charge in [0.25, 0.3) is 0 Å². The van der Waals surface area contributed by atoms with Crippen LogP contribution < -0.4 is 0 Å². The van der Waals surface area contributed by atoms with Gasteiger partial charge in [-0.2, -0.15) is 0 Å². The zero-order chi connectivity index (χ0) is 28.1. The molecule has 0 aliphatic rings. The summed E-state index contributed by atoms with van der Waals surface area (Å²) in [5.41, 5.74) is 6.59. The van der Waals surface area contributed by atoms with Gasteiger partial charge in [0.15, 0.2) is 0 Å². The molecule has 0 bridgehead atoms. The zero-order valence-electron chi connectivity index (χ0n) is 23.3. The maximum atomic E-state index is 6.95. The maximum Gasteiger partial charge on any atom is 0.143 e. The van der Waals surface area contributed by atoms with Crippen molar-refractivity contribution in [1.29, 1.82) is 0 Å². The zero-order valence-corrected chi connectivity index (χ0v) is 23.3. The van der Waals surface area contributed by atoms with Gasteiger partial charge in [-0.05, 0) is 83.4 Å². The van der Waals surface area contributed by atoms with Crippen LogP contribution in [0.25, 0.3) is 98.1 Å². The Kier molecular flexibility index (Phi) is 4.51. The van der Waals surface area contributed by atoms with E-state index in [2.05, 4.69) is 146 Å². The van der Waals surface area contributed by atoms with Gasteiger partial charge in [-0.1, -0.05) is 127 Å². The lowest BCUT2D eigenvalue weighted by Crippen LogP contribution is -1.89. The summed E-state index contributed by atoms with van der Waals surface area (Å²) in [7, 11) is 0. The second-order valence-corrected chi connectivity index (χ2v) is 11.7. The van der Waals surface area contributed by atoms with E-state index in [0.29, 0.717) is 0 Å². The fourth-order valence-corrected chi connectivity index (χ4v) is 7.39. The molecule has 0 amide bonds. The van der Waals surface area contributed by atoms with Crippen LogP contribution in [0.2, 0.25) is 0 Å². The second kappa shape index (κ2) is 8.44. The van der Waals surface area contributed by atoms with Crippen LogP contribution in [-0.4, -0.2) is 0 Å². The standard InChI is InChI=1S/C42H24O/c1-2-8-30-24-31(15-12-25(30)6-1)33-22-23-36(40-37-21-16-26-7-3-4-11-32(26)41(37)43-42(33)40)34-19-17-29-14-13-27-9-5-10-28-18-20-35(34)39(29)38(27)28/h1-24H. The van der Waals surface area contributed by atoms with Gasteiger partial charge in [-0.25, -0.2) is 0 Å². The molecule has 0 radical (unpaired) electrons. The molecule has 198 valence electrons. The van der Waals surface area contributed by atoms with Gasteiger partial charge in [0, 0.05) is 21.7 Å². The summed E-state index contributed by atoms with van der Waals surface area (Å²) in [6, 6.07) is 53.1. The number of benzene rings is 9. The Hall–Kier alpha value is -5.66. The summed E-state index contributed by atoms with van der Waals surface area (Å²) >= 11 is 0. The van der Waals surface area contributed by atoms with Gasteiger partial charge in [0.1, 0.15) is 11.2 Å². The third-order valence-electron chi connectivity index (χ3n) is 9.39. The number of hydrogen-bond donors (Lipinski definition) is 0. The molecule has 1 nitrogen and oxygen atoms in total. The molecule has 0 N–H and O–H groups in total. The van der Waals surface area contributed by atoms with E-state index in [0.717, 1.165) is 33.1 Å². The summed E-state index contributed by atoms with van der Waals surface area (Å²) in [5.74, 6) is 0. The summed E-state index contributed by atoms with van der Waals surface area (Å²) in [6.07, 6.45) is 0. The molecule has 1 heteroatoms. The molecule has 0 fully saturated rings. The van der Waals surface area contributed by atoms with Crippen LogP contribution in [0.4, 0.5) is 0 Å². The molecular formula is C42H24O. The van der Waals surface area contributed by atoms with Crippen molar-refractivity contribution < 1.29 is 4.42 Å². The molecule has 0 saturated heterocycles. The Morgan fingerprint density at radius 1 is 0.302 bits per heavy atom. The third kappa shape index (κ3) is 3.17. The first-order valence-electron chi connectivity index (χ1n) is 14.8. The smallest absolute Gasteiger partial charge is 0.143 e. The first-order valence-corrected chi connectivity index (χ1v) is 14.8. The largest absolute Gasteiger partial charge is 0.455 e. The van der Waals surface area contributed by atoms with Gasteiger partial charge < -0.3 is 4.42 Å². The van der Waals surface area contributed by atoms with Crippen molar-refractivity contribution in [2.24, 2.45) is 0 Å². The minimum absolute atomic E-state index is 0.935. The van der Waals surface area contributed by atoms with Gasteiger partial charge in [-0.3, -0.25) is 0 Å². The van der Waals surface area contributed by atoms with E-state index in [4.69, 9.17) is 4.42 Å². The van der Waals surface area contributed by atoms with Crippen LogP contribution in [0.3, 0.4) is 0 Å². The molecule has 1 aromatic heterocycles. The third-order valence-corrected chi connectivity index (χ3v) is 9.39. The van der Waals surface area contributed by atoms with E-state index in [1.807, 2.05) is 0 Å². The Bertz CT molecular complexity index is 2710. The fraction of sp³-hybridized carbons (Fsp3) is 0. The second-order valence-electron chi connectivity index (χ2n) is 11.7. The van der Waals surface area contributed by atoms with E-state index in [1.54, 1.807) is 0 Å². The minimum Gasteiger partial charge on any atom is -0.455 e. The summed E-state index contributed by atoms with van der Waals surface area (Å²) < 4.78 is 6.95. The Morgan fingerprint density at radius 3 is 1.79 bits per heavy atom. The van der Waals surface area contributed by atoms with Crippen molar-refractivity contribution in [2.75, 3.05) is 0 Å². The molecular weight excluding hydrogens is 520 g/mol. The molecule has 43 heavy (non-hydrogen) atoms. The molecule has 0 atom stereocenters. The number of fused-ring (bicyclic) bond motifs is 6. The quantitative estimate of drug-likeness (QED) is 0.197. The molecule has 0 unspecified atom stereocenters. The molecule has 0 spiro atoms. The Balaban J connectivity index is 1.35. The van der Waals surface area contributed by atoms with Crippen LogP contribution >= 0.6 is 0 Å². The normalized spacial score (nSPS) is 12.2. The number of furan rings is 1. The van der Waals surface area contributed by atoms with Crippen molar-refractivity contribution >= 4 is 75.8 Å². The van der Waals surface area contributed by atoms with E-state index in [1.165, 1.54) is 65.0 Å². The summed E-state index contributed by atoms with van der Waals surface area (Å²) in [4.78, 5) is 0. The summed E-state index contributed by atoms with van der Waals surface area (Å²) in [6.45, 7) is 0. The van der Waals surface area contributed by atoms with Gasteiger partial charge in [-0.15, -0.1) is 0 Å². The van der Waals surface area contributed by atoms with Crippen LogP contribution in [0.1, 0.15) is 0 Å². The predicted octanol–water partition coefficient (Wildman–Crippen LogP) is 12.1. The van der Waals surface area contributed by atoms with E-state index < -0.39 is 0 Å². The molecule has 10 rings (SSSR count). The average molecular weight is 545 g/mol. The lowest BCUT2D eigenvalue weighted by Gasteiger charge is -2.15. The highest BCUT2D eigenvalue weighted by Gasteiger charge is 2.21. The molecule has 1 heterocycles. The molecule has 0 aliphatic carbocycles. The topological polar surface area (TPSA) is 13.1 Å². The van der Waals surface area contributed by atoms with E-state index in [9.17, 15) is 0 Å². The van der Waals surface area contributed by atoms with Crippen molar-refractivity contribution in [2.45, 2.75) is 0 Å². The lowest BCUT2D eigenvalue weighted by atomic mass is 9.87. The van der Waals surface area contributed by atoms with Gasteiger partial charge in [0.05, 0.1) is 0 Å². The van der Waals surface area contributed by atoms with Crippen molar-refractivity contribution in [3.63, 3.8) is 0 Å². The van der Waals surface area contributed by atoms with Crippen molar-refractivity contribution in [3.05, 3.63) is 146 Å². The highest BCUT2D eigenvalue weighted by Crippen LogP contribution is 2.47. The van der Waals surface area contributed by atoms with Gasteiger partial charge >= 0.3 is 0 Å². The Labute approximate surface area is 247 Å². The molecule has 10 aromatic rings. The van der Waals surface area contributed by atoms with Crippen molar-refractivity contribution in [3.8, 4) is 22.3 Å². The fourth-order valence-electron chi connectivity index (χ4n) is 7.39. The Morgan fingerprint density at radius 2 is 0.907 bits per heavy atom. The van der Waals surface area contributed by atoms with Gasteiger partial charge in [0.2, 0.25) is 0 Å². The molecule has 0 aliphatic heterocycles. The molecule has 9 aromatic carbocycles. The number of hydrogen-bond acceptors (Lipinski definition) is 1. The first kappa shape index (κ1) is 23.0. The van der Waals surface area contributed by atoms with Crippen LogP contribution in [0.15, 0.2) is 150 Å². The minimum atomic E-state index is 0.935. The lowest BCUT2D eigenvalue weighted by molar-refractivity contribution is 0.674. The first-order chi connectivity index (χ1) is 21.3. The van der Waals surface area contributed by atoms with Crippen LogP contribution in [0.5, 0.6) is 0 Å². The van der Waals surface area contributed by atoms with E-state index in [-0.39, 0.29) is 0 Å². The average Bonchev–Trinajstić information content (AvgIpc) is 3.47. The van der Waals surface area contributed by atoms with Crippen molar-refractivity contribution in [1.82, 2.24) is 0 Å². The highest BCUT2D eigenvalue weighted by molar-refractivity contribution is 6.28. The predicted molar refractivity (Wildman–Crippen MR) is 183 cm³/mol. The van der Waals surface area contributed by atoms with Crippen LogP contribution in [0, 0.1) is 0 Å². The maximum absolute atomic E-state index is 6.95. The monoisotopic (exact) mass is 544 g/mol.